The number of para-hydroxylation sites is 3. The fraction of sp³-hybridized carbons (Fsp3) is 0.143. The van der Waals surface area contributed by atoms with E-state index in [-0.39, 0.29) is 5.41 Å². The van der Waals surface area contributed by atoms with Gasteiger partial charge in [0.25, 0.3) is 0 Å². The minimum absolute atomic E-state index is 0.143. The molecule has 0 bridgehead atoms. The van der Waals surface area contributed by atoms with E-state index in [4.69, 9.17) is 0 Å². The molecule has 0 aliphatic carbocycles. The molecule has 6 aromatic carbocycles. The molecule has 1 heterocycles. The highest BCUT2D eigenvalue weighted by Crippen LogP contribution is 2.52. The Morgan fingerprint density at radius 1 is 0.500 bits per heavy atom. The minimum Gasteiger partial charge on any atom is -0.310 e. The first-order chi connectivity index (χ1) is 21.3. The molecule has 2 nitrogen and oxygen atoms in total. The van der Waals surface area contributed by atoms with E-state index in [1.807, 2.05) is 0 Å². The van der Waals surface area contributed by atoms with E-state index < -0.39 is 0 Å². The van der Waals surface area contributed by atoms with Crippen molar-refractivity contribution in [1.29, 1.82) is 0 Å². The van der Waals surface area contributed by atoms with Gasteiger partial charge in [0, 0.05) is 28.2 Å². The highest BCUT2D eigenvalue weighted by Gasteiger charge is 2.37. The van der Waals surface area contributed by atoms with E-state index >= 15 is 0 Å². The first-order valence-electron chi connectivity index (χ1n) is 15.5. The number of hydrogen-bond donors (Lipinski definition) is 0. The van der Waals surface area contributed by atoms with Crippen LogP contribution in [0.4, 0.5) is 34.1 Å². The maximum atomic E-state index is 2.42. The first kappa shape index (κ1) is 27.7. The molecule has 6 aromatic rings. The summed E-state index contributed by atoms with van der Waals surface area (Å²) in [5, 5.41) is 0. The van der Waals surface area contributed by atoms with Crippen LogP contribution in [0, 0.1) is 20.8 Å². The Bertz CT molecular complexity index is 1920. The van der Waals surface area contributed by atoms with Gasteiger partial charge in [-0.3, -0.25) is 0 Å². The number of rotatable bonds is 5. The minimum atomic E-state index is -0.143. The van der Waals surface area contributed by atoms with Crippen LogP contribution in [0.1, 0.15) is 41.7 Å². The molecule has 1 aliphatic heterocycles. The number of fused-ring (bicyclic) bond motifs is 2. The Labute approximate surface area is 261 Å². The maximum absolute atomic E-state index is 2.42. The van der Waals surface area contributed by atoms with Crippen LogP contribution in [0.15, 0.2) is 140 Å². The molecule has 0 unspecified atom stereocenters. The van der Waals surface area contributed by atoms with Gasteiger partial charge in [-0.05, 0) is 109 Å². The van der Waals surface area contributed by atoms with Crippen LogP contribution in [0.3, 0.4) is 0 Å². The zero-order chi connectivity index (χ0) is 30.4. The van der Waals surface area contributed by atoms with Crippen LogP contribution in [0.2, 0.25) is 0 Å². The molecule has 0 saturated heterocycles. The summed E-state index contributed by atoms with van der Waals surface area (Å²) < 4.78 is 0. The molecule has 44 heavy (non-hydrogen) atoms. The van der Waals surface area contributed by atoms with Crippen molar-refractivity contribution in [2.45, 2.75) is 40.0 Å². The van der Waals surface area contributed by atoms with Crippen molar-refractivity contribution in [3.05, 3.63) is 167 Å². The topological polar surface area (TPSA) is 6.48 Å². The average molecular weight is 571 g/mol. The second kappa shape index (κ2) is 10.9. The molecule has 0 atom stereocenters. The van der Waals surface area contributed by atoms with Gasteiger partial charge in [0.1, 0.15) is 0 Å². The van der Waals surface area contributed by atoms with Gasteiger partial charge >= 0.3 is 0 Å². The highest BCUT2D eigenvalue weighted by molar-refractivity contribution is 5.88. The lowest BCUT2D eigenvalue weighted by molar-refractivity contribution is 0.632. The van der Waals surface area contributed by atoms with Crippen LogP contribution < -0.4 is 9.80 Å². The van der Waals surface area contributed by atoms with E-state index in [0.29, 0.717) is 0 Å². The first-order valence-corrected chi connectivity index (χ1v) is 15.5. The number of aryl methyl sites for hydroxylation is 3. The molecule has 0 aromatic heterocycles. The van der Waals surface area contributed by atoms with E-state index in [9.17, 15) is 0 Å². The highest BCUT2D eigenvalue weighted by atomic mass is 15.2. The molecule has 0 spiro atoms. The number of nitrogens with zero attached hydrogens (tertiary/aromatic N) is 2. The fourth-order valence-electron chi connectivity index (χ4n) is 6.69. The van der Waals surface area contributed by atoms with E-state index in [2.05, 4.69) is 184 Å². The van der Waals surface area contributed by atoms with Crippen molar-refractivity contribution in [2.75, 3.05) is 9.80 Å². The lowest BCUT2D eigenvalue weighted by atomic mass is 9.73. The summed E-state index contributed by atoms with van der Waals surface area (Å²) in [7, 11) is 0. The van der Waals surface area contributed by atoms with Gasteiger partial charge in [-0.2, -0.15) is 0 Å². The second-order valence-electron chi connectivity index (χ2n) is 12.5. The Morgan fingerprint density at radius 2 is 1.05 bits per heavy atom. The van der Waals surface area contributed by atoms with Crippen LogP contribution in [-0.4, -0.2) is 0 Å². The molecule has 0 fully saturated rings. The summed E-state index contributed by atoms with van der Waals surface area (Å²) in [6.45, 7) is 11.2. The van der Waals surface area contributed by atoms with Gasteiger partial charge in [-0.15, -0.1) is 0 Å². The van der Waals surface area contributed by atoms with Crippen LogP contribution in [0.5, 0.6) is 0 Å². The SMILES string of the molecule is Cc1ccc(N2c3ccccc3C(C)(C)c3cc(-c4ccc(N(c5ccccc5C)c5ccccc5C)cc4)ccc32)cc1. The third kappa shape index (κ3) is 4.68. The third-order valence-electron chi connectivity index (χ3n) is 9.19. The predicted octanol–water partition coefficient (Wildman–Crippen LogP) is 11.9. The molecule has 0 amide bonds. The standard InChI is InChI=1S/C42H38N2/c1-29-18-23-34(24-19-29)44-40-17-11-8-14-36(40)42(4,5)37-28-33(22-27-41(37)44)32-20-25-35(26-21-32)43(38-15-9-6-12-30(38)2)39-16-10-7-13-31(39)3/h6-28H,1-5H3. The molecule has 0 saturated carbocycles. The average Bonchev–Trinajstić information content (AvgIpc) is 3.04. The predicted molar refractivity (Wildman–Crippen MR) is 188 cm³/mol. The van der Waals surface area contributed by atoms with Crippen LogP contribution in [-0.2, 0) is 5.41 Å². The summed E-state index contributed by atoms with van der Waals surface area (Å²) in [6, 6.07) is 51.0. The molecule has 0 radical (unpaired) electrons. The summed E-state index contributed by atoms with van der Waals surface area (Å²) in [5.74, 6) is 0. The third-order valence-corrected chi connectivity index (χ3v) is 9.19. The Morgan fingerprint density at radius 3 is 1.68 bits per heavy atom. The van der Waals surface area contributed by atoms with Gasteiger partial charge in [0.2, 0.25) is 0 Å². The molecule has 2 heteroatoms. The van der Waals surface area contributed by atoms with Crippen molar-refractivity contribution in [3.63, 3.8) is 0 Å². The quantitative estimate of drug-likeness (QED) is 0.203. The van der Waals surface area contributed by atoms with Crippen molar-refractivity contribution in [3.8, 4) is 11.1 Å². The van der Waals surface area contributed by atoms with Gasteiger partial charge in [0.05, 0.1) is 11.4 Å². The van der Waals surface area contributed by atoms with Gasteiger partial charge < -0.3 is 9.80 Å². The van der Waals surface area contributed by atoms with Crippen molar-refractivity contribution in [1.82, 2.24) is 0 Å². The van der Waals surface area contributed by atoms with Gasteiger partial charge in [0.15, 0.2) is 0 Å². The lowest BCUT2D eigenvalue weighted by Crippen LogP contribution is -2.30. The van der Waals surface area contributed by atoms with Crippen molar-refractivity contribution in [2.24, 2.45) is 0 Å². The number of anilines is 6. The van der Waals surface area contributed by atoms with Gasteiger partial charge in [-0.25, -0.2) is 0 Å². The smallest absolute Gasteiger partial charge is 0.0503 e. The van der Waals surface area contributed by atoms with Crippen LogP contribution in [0.25, 0.3) is 11.1 Å². The molecular formula is C42H38N2. The second-order valence-corrected chi connectivity index (χ2v) is 12.5. The van der Waals surface area contributed by atoms with E-state index in [1.54, 1.807) is 0 Å². The molecular weight excluding hydrogens is 532 g/mol. The molecule has 1 aliphatic rings. The van der Waals surface area contributed by atoms with Crippen molar-refractivity contribution >= 4 is 34.1 Å². The molecule has 0 N–H and O–H groups in total. The van der Waals surface area contributed by atoms with E-state index in [1.165, 1.54) is 67.4 Å². The normalized spacial score (nSPS) is 13.2. The Balaban J connectivity index is 1.32. The summed E-state index contributed by atoms with van der Waals surface area (Å²) in [6.07, 6.45) is 0. The summed E-state index contributed by atoms with van der Waals surface area (Å²) in [5.41, 5.74) is 15.9. The molecule has 216 valence electrons. The largest absolute Gasteiger partial charge is 0.310 e. The Hall–Kier alpha value is -5.08. The zero-order valence-electron chi connectivity index (χ0n) is 26.2. The number of hydrogen-bond acceptors (Lipinski definition) is 2. The van der Waals surface area contributed by atoms with Crippen LogP contribution >= 0.6 is 0 Å². The maximum Gasteiger partial charge on any atom is 0.0503 e. The Kier molecular flexibility index (Phi) is 6.86. The zero-order valence-corrected chi connectivity index (χ0v) is 26.2. The fourth-order valence-corrected chi connectivity index (χ4v) is 6.69. The van der Waals surface area contributed by atoms with Crippen molar-refractivity contribution < 1.29 is 0 Å². The lowest BCUT2D eigenvalue weighted by Gasteiger charge is -2.42. The monoisotopic (exact) mass is 570 g/mol. The molecule has 7 rings (SSSR count). The van der Waals surface area contributed by atoms with E-state index in [0.717, 1.165) is 5.69 Å². The van der Waals surface area contributed by atoms with Gasteiger partial charge in [-0.1, -0.05) is 104 Å². The summed E-state index contributed by atoms with van der Waals surface area (Å²) in [4.78, 5) is 4.80. The summed E-state index contributed by atoms with van der Waals surface area (Å²) >= 11 is 0. The number of benzene rings is 6.